The SMILES string of the molecule is O=c1[nH]c(N2CCCCC2)nc2nccc(/C=C/c3ccccc3)c12. The van der Waals surface area contributed by atoms with Gasteiger partial charge in [-0.3, -0.25) is 9.78 Å². The molecule has 0 radical (unpaired) electrons. The van der Waals surface area contributed by atoms with Crippen molar-refractivity contribution in [3.05, 3.63) is 64.1 Å². The summed E-state index contributed by atoms with van der Waals surface area (Å²) in [6.07, 6.45) is 9.15. The fourth-order valence-corrected chi connectivity index (χ4v) is 3.22. The maximum Gasteiger partial charge on any atom is 0.262 e. The molecule has 0 unspecified atom stereocenters. The number of H-pyrrole nitrogens is 1. The molecule has 1 saturated heterocycles. The van der Waals surface area contributed by atoms with Crippen molar-refractivity contribution in [3.8, 4) is 0 Å². The molecule has 1 N–H and O–H groups in total. The molecule has 0 saturated carbocycles. The quantitative estimate of drug-likeness (QED) is 0.798. The average molecular weight is 332 g/mol. The summed E-state index contributed by atoms with van der Waals surface area (Å²) in [5.74, 6) is 0.633. The van der Waals surface area contributed by atoms with Crippen LogP contribution in [0.15, 0.2) is 47.4 Å². The van der Waals surface area contributed by atoms with Crippen molar-refractivity contribution >= 4 is 29.1 Å². The van der Waals surface area contributed by atoms with E-state index in [9.17, 15) is 4.79 Å². The summed E-state index contributed by atoms with van der Waals surface area (Å²) in [4.78, 5) is 26.7. The maximum atomic E-state index is 12.7. The number of pyridine rings is 1. The summed E-state index contributed by atoms with van der Waals surface area (Å²) in [6, 6.07) is 11.9. The second-order valence-corrected chi connectivity index (χ2v) is 6.28. The van der Waals surface area contributed by atoms with Crippen LogP contribution in [0.3, 0.4) is 0 Å². The Kier molecular flexibility index (Phi) is 4.29. The van der Waals surface area contributed by atoms with Crippen LogP contribution in [0.25, 0.3) is 23.2 Å². The van der Waals surface area contributed by atoms with Gasteiger partial charge in [0.05, 0.1) is 5.39 Å². The molecule has 0 bridgehead atoms. The van der Waals surface area contributed by atoms with Gasteiger partial charge in [-0.15, -0.1) is 0 Å². The molecule has 1 aliphatic heterocycles. The van der Waals surface area contributed by atoms with E-state index in [0.717, 1.165) is 37.1 Å². The first-order valence-corrected chi connectivity index (χ1v) is 8.68. The normalized spacial score (nSPS) is 15.1. The highest BCUT2D eigenvalue weighted by Crippen LogP contribution is 2.19. The van der Waals surface area contributed by atoms with Gasteiger partial charge in [-0.05, 0) is 36.5 Å². The van der Waals surface area contributed by atoms with E-state index in [4.69, 9.17) is 0 Å². The van der Waals surface area contributed by atoms with E-state index >= 15 is 0 Å². The van der Waals surface area contributed by atoms with Gasteiger partial charge in [0.15, 0.2) is 5.65 Å². The average Bonchev–Trinajstić information content (AvgIpc) is 2.67. The van der Waals surface area contributed by atoms with Gasteiger partial charge in [-0.25, -0.2) is 4.98 Å². The molecule has 0 amide bonds. The molecule has 0 atom stereocenters. The minimum Gasteiger partial charge on any atom is -0.342 e. The van der Waals surface area contributed by atoms with Crippen molar-refractivity contribution in [2.45, 2.75) is 19.3 Å². The van der Waals surface area contributed by atoms with E-state index in [0.29, 0.717) is 17.0 Å². The number of fused-ring (bicyclic) bond motifs is 1. The standard InChI is InChI=1S/C20H20N4O/c25-19-17-16(10-9-15-7-3-1-4-8-15)11-12-21-18(17)22-20(23-19)24-13-5-2-6-14-24/h1,3-4,7-12H,2,5-6,13-14H2,(H,21,22,23,25)/b10-9+. The van der Waals surface area contributed by atoms with Crippen LogP contribution in [-0.4, -0.2) is 28.0 Å². The third-order valence-corrected chi connectivity index (χ3v) is 4.54. The zero-order valence-corrected chi connectivity index (χ0v) is 14.0. The second kappa shape index (κ2) is 6.89. The van der Waals surface area contributed by atoms with E-state index in [1.807, 2.05) is 48.6 Å². The van der Waals surface area contributed by atoms with Gasteiger partial charge in [0.1, 0.15) is 0 Å². The highest BCUT2D eigenvalue weighted by molar-refractivity contribution is 5.88. The first-order chi connectivity index (χ1) is 12.3. The van der Waals surface area contributed by atoms with Gasteiger partial charge < -0.3 is 4.90 Å². The van der Waals surface area contributed by atoms with Crippen LogP contribution >= 0.6 is 0 Å². The van der Waals surface area contributed by atoms with E-state index in [2.05, 4.69) is 19.9 Å². The summed E-state index contributed by atoms with van der Waals surface area (Å²) in [6.45, 7) is 1.87. The number of aromatic nitrogens is 3. The number of nitrogens with one attached hydrogen (secondary N) is 1. The fourth-order valence-electron chi connectivity index (χ4n) is 3.22. The summed E-state index contributed by atoms with van der Waals surface area (Å²) in [5.41, 5.74) is 2.28. The summed E-state index contributed by atoms with van der Waals surface area (Å²) in [5, 5.41) is 0.537. The number of piperidine rings is 1. The van der Waals surface area contributed by atoms with E-state index in [1.54, 1.807) is 6.20 Å². The molecule has 0 aliphatic carbocycles. The topological polar surface area (TPSA) is 61.9 Å². The summed E-state index contributed by atoms with van der Waals surface area (Å²) < 4.78 is 0. The molecule has 4 rings (SSSR count). The van der Waals surface area contributed by atoms with Gasteiger partial charge in [0.25, 0.3) is 5.56 Å². The minimum atomic E-state index is -0.133. The van der Waals surface area contributed by atoms with Crippen LogP contribution in [0, 0.1) is 0 Å². The fraction of sp³-hybridized carbons (Fsp3) is 0.250. The smallest absolute Gasteiger partial charge is 0.262 e. The molecule has 5 nitrogen and oxygen atoms in total. The molecular weight excluding hydrogens is 312 g/mol. The Morgan fingerprint density at radius 1 is 1.00 bits per heavy atom. The monoisotopic (exact) mass is 332 g/mol. The van der Waals surface area contributed by atoms with E-state index < -0.39 is 0 Å². The molecule has 25 heavy (non-hydrogen) atoms. The van der Waals surface area contributed by atoms with Crippen molar-refractivity contribution < 1.29 is 0 Å². The Labute approximate surface area is 146 Å². The zero-order valence-electron chi connectivity index (χ0n) is 14.0. The molecular formula is C20H20N4O. The van der Waals surface area contributed by atoms with Crippen LogP contribution in [0.1, 0.15) is 30.4 Å². The lowest BCUT2D eigenvalue weighted by Crippen LogP contribution is -2.32. The Morgan fingerprint density at radius 2 is 1.80 bits per heavy atom. The van der Waals surface area contributed by atoms with E-state index in [1.165, 1.54) is 6.42 Å². The van der Waals surface area contributed by atoms with Gasteiger partial charge in [-0.2, -0.15) is 4.98 Å². The molecule has 2 aromatic heterocycles. The molecule has 3 aromatic rings. The number of benzene rings is 1. The van der Waals surface area contributed by atoms with Crippen molar-refractivity contribution in [1.82, 2.24) is 15.0 Å². The Balaban J connectivity index is 1.74. The number of rotatable bonds is 3. The third kappa shape index (κ3) is 3.31. The zero-order chi connectivity index (χ0) is 17.1. The number of hydrogen-bond acceptors (Lipinski definition) is 4. The molecule has 1 aliphatic rings. The van der Waals surface area contributed by atoms with Crippen molar-refractivity contribution in [2.24, 2.45) is 0 Å². The highest BCUT2D eigenvalue weighted by Gasteiger charge is 2.15. The van der Waals surface area contributed by atoms with Crippen molar-refractivity contribution in [3.63, 3.8) is 0 Å². The predicted molar refractivity (Wildman–Crippen MR) is 102 cm³/mol. The second-order valence-electron chi connectivity index (χ2n) is 6.28. The Bertz CT molecular complexity index is 956. The molecule has 3 heterocycles. The summed E-state index contributed by atoms with van der Waals surface area (Å²) >= 11 is 0. The van der Waals surface area contributed by atoms with E-state index in [-0.39, 0.29) is 5.56 Å². The van der Waals surface area contributed by atoms with Gasteiger partial charge >= 0.3 is 0 Å². The van der Waals surface area contributed by atoms with Crippen LogP contribution < -0.4 is 10.5 Å². The number of hydrogen-bond donors (Lipinski definition) is 1. The van der Waals surface area contributed by atoms with Gasteiger partial charge in [0.2, 0.25) is 5.95 Å². The van der Waals surface area contributed by atoms with Gasteiger partial charge in [-0.1, -0.05) is 42.5 Å². The van der Waals surface area contributed by atoms with Crippen molar-refractivity contribution in [2.75, 3.05) is 18.0 Å². The lowest BCUT2D eigenvalue weighted by atomic mass is 10.1. The molecule has 1 fully saturated rings. The Morgan fingerprint density at radius 3 is 2.60 bits per heavy atom. The first-order valence-electron chi connectivity index (χ1n) is 8.68. The van der Waals surface area contributed by atoms with Crippen LogP contribution in [0.4, 0.5) is 5.95 Å². The van der Waals surface area contributed by atoms with Crippen LogP contribution in [-0.2, 0) is 0 Å². The molecule has 1 aromatic carbocycles. The highest BCUT2D eigenvalue weighted by atomic mass is 16.1. The first kappa shape index (κ1) is 15.6. The Hall–Kier alpha value is -2.95. The van der Waals surface area contributed by atoms with Gasteiger partial charge in [0, 0.05) is 19.3 Å². The van der Waals surface area contributed by atoms with Crippen LogP contribution in [0.5, 0.6) is 0 Å². The lowest BCUT2D eigenvalue weighted by molar-refractivity contribution is 0.568. The predicted octanol–water partition coefficient (Wildman–Crippen LogP) is 3.48. The van der Waals surface area contributed by atoms with Crippen LogP contribution in [0.2, 0.25) is 0 Å². The third-order valence-electron chi connectivity index (χ3n) is 4.54. The molecule has 5 heteroatoms. The largest absolute Gasteiger partial charge is 0.342 e. The maximum absolute atomic E-state index is 12.7. The minimum absolute atomic E-state index is 0.133. The molecule has 0 spiro atoms. The number of aromatic amines is 1. The van der Waals surface area contributed by atoms with Crippen molar-refractivity contribution in [1.29, 1.82) is 0 Å². The number of nitrogens with zero attached hydrogens (tertiary/aromatic N) is 3. The number of anilines is 1. The lowest BCUT2D eigenvalue weighted by Gasteiger charge is -2.26. The molecule has 126 valence electrons. The summed E-state index contributed by atoms with van der Waals surface area (Å²) in [7, 11) is 0.